The van der Waals surface area contributed by atoms with E-state index in [1.165, 1.54) is 31.4 Å². The Hall–Kier alpha value is -2.17. The number of hydrogen-bond acceptors (Lipinski definition) is 3. The first kappa shape index (κ1) is 13.3. The lowest BCUT2D eigenvalue weighted by Crippen LogP contribution is -2.29. The number of esters is 1. The smallest absolute Gasteiger partial charge is 0.340 e. The quantitative estimate of drug-likeness (QED) is 0.656. The molecule has 1 heterocycles. The maximum atomic E-state index is 12.9. The molecule has 0 saturated carbocycles. The van der Waals surface area contributed by atoms with Crippen LogP contribution in [0.3, 0.4) is 0 Å². The molecule has 0 bridgehead atoms. The topological polar surface area (TPSA) is 55.4 Å². The molecule has 0 unspecified atom stereocenters. The zero-order chi connectivity index (χ0) is 13.8. The summed E-state index contributed by atoms with van der Waals surface area (Å²) in [5.41, 5.74) is 1.36. The van der Waals surface area contributed by atoms with Crippen LogP contribution in [0, 0.1) is 5.82 Å². The molecule has 1 aromatic rings. The fourth-order valence-corrected chi connectivity index (χ4v) is 2.04. The van der Waals surface area contributed by atoms with Crippen LogP contribution in [0.2, 0.25) is 0 Å². The number of amides is 1. The third-order valence-electron chi connectivity index (χ3n) is 2.95. The highest BCUT2D eigenvalue weighted by Crippen LogP contribution is 2.25. The largest absolute Gasteiger partial charge is 0.465 e. The molecule has 4 nitrogen and oxygen atoms in total. The van der Waals surface area contributed by atoms with E-state index in [-0.39, 0.29) is 17.3 Å². The molecule has 19 heavy (non-hydrogen) atoms. The first-order valence-electron chi connectivity index (χ1n) is 5.99. The summed E-state index contributed by atoms with van der Waals surface area (Å²) in [6.07, 6.45) is 1.72. The Labute approximate surface area is 110 Å². The van der Waals surface area contributed by atoms with Crippen molar-refractivity contribution in [2.75, 3.05) is 7.11 Å². The zero-order valence-electron chi connectivity index (χ0n) is 10.5. The summed E-state index contributed by atoms with van der Waals surface area (Å²) in [5, 5.41) is 2.69. The second-order valence-electron chi connectivity index (χ2n) is 4.25. The Morgan fingerprint density at radius 2 is 1.95 bits per heavy atom. The molecule has 0 aromatic heterocycles. The summed E-state index contributed by atoms with van der Waals surface area (Å²) in [5.74, 6) is -1.04. The van der Waals surface area contributed by atoms with E-state index in [4.69, 9.17) is 4.74 Å². The van der Waals surface area contributed by atoms with E-state index in [1.807, 2.05) is 0 Å². The number of ether oxygens (including phenoxy) is 1. The number of carbonyl (C=O) groups is 2. The lowest BCUT2D eigenvalue weighted by Gasteiger charge is -2.19. The fraction of sp³-hybridized carbons (Fsp3) is 0.286. The standard InChI is InChI=1S/C14H14FNO3/c1-19-14(18)13(9-5-7-10(15)8-6-9)11-3-2-4-12(17)16-11/h5-8H,2-4H2,1H3,(H,16,17)/b13-11-. The molecule has 1 aromatic carbocycles. The Morgan fingerprint density at radius 3 is 2.53 bits per heavy atom. The SMILES string of the molecule is COC(=O)/C(=C1/CCCC(=O)N1)c1ccc(F)cc1. The summed E-state index contributed by atoms with van der Waals surface area (Å²) in [6.45, 7) is 0. The molecule has 0 spiro atoms. The molecule has 0 radical (unpaired) electrons. The average molecular weight is 263 g/mol. The predicted octanol–water partition coefficient (Wildman–Crippen LogP) is 2.01. The minimum atomic E-state index is -0.538. The maximum Gasteiger partial charge on any atom is 0.340 e. The van der Waals surface area contributed by atoms with Gasteiger partial charge in [0.25, 0.3) is 0 Å². The average Bonchev–Trinajstić information content (AvgIpc) is 2.41. The number of hydrogen-bond donors (Lipinski definition) is 1. The van der Waals surface area contributed by atoms with Crippen LogP contribution in [-0.4, -0.2) is 19.0 Å². The van der Waals surface area contributed by atoms with Gasteiger partial charge in [0, 0.05) is 12.1 Å². The second kappa shape index (κ2) is 5.65. The number of halogens is 1. The van der Waals surface area contributed by atoms with Crippen LogP contribution >= 0.6 is 0 Å². The molecule has 1 N–H and O–H groups in total. The third kappa shape index (κ3) is 2.99. The molecule has 0 atom stereocenters. The number of carbonyl (C=O) groups excluding carboxylic acids is 2. The van der Waals surface area contributed by atoms with Crippen LogP contribution in [-0.2, 0) is 14.3 Å². The van der Waals surface area contributed by atoms with Crippen molar-refractivity contribution in [3.05, 3.63) is 41.3 Å². The van der Waals surface area contributed by atoms with Gasteiger partial charge in [-0.05, 0) is 30.5 Å². The lowest BCUT2D eigenvalue weighted by molar-refractivity contribution is -0.133. The van der Waals surface area contributed by atoms with E-state index in [0.717, 1.165) is 0 Å². The van der Waals surface area contributed by atoms with Crippen molar-refractivity contribution < 1.29 is 18.7 Å². The summed E-state index contributed by atoms with van der Waals surface area (Å²) >= 11 is 0. The van der Waals surface area contributed by atoms with Gasteiger partial charge in [-0.15, -0.1) is 0 Å². The lowest BCUT2D eigenvalue weighted by atomic mass is 9.98. The Balaban J connectivity index is 2.46. The molecule has 100 valence electrons. The molecule has 0 aliphatic carbocycles. The Morgan fingerprint density at radius 1 is 1.26 bits per heavy atom. The molecule has 1 aliphatic heterocycles. The number of nitrogens with one attached hydrogen (secondary N) is 1. The van der Waals surface area contributed by atoms with E-state index in [0.29, 0.717) is 30.5 Å². The normalized spacial score (nSPS) is 17.7. The molecular formula is C14H14FNO3. The van der Waals surface area contributed by atoms with Gasteiger partial charge in [-0.2, -0.15) is 0 Å². The molecule has 2 rings (SSSR count). The van der Waals surface area contributed by atoms with Crippen molar-refractivity contribution in [2.45, 2.75) is 19.3 Å². The number of allylic oxidation sites excluding steroid dienone is 1. The van der Waals surface area contributed by atoms with Crippen LogP contribution in [0.5, 0.6) is 0 Å². The first-order valence-corrected chi connectivity index (χ1v) is 5.99. The minimum absolute atomic E-state index is 0.121. The summed E-state index contributed by atoms with van der Waals surface area (Å²) < 4.78 is 17.7. The molecule has 1 fully saturated rings. The van der Waals surface area contributed by atoms with Crippen molar-refractivity contribution in [1.82, 2.24) is 5.32 Å². The zero-order valence-corrected chi connectivity index (χ0v) is 10.5. The number of methoxy groups -OCH3 is 1. The summed E-state index contributed by atoms with van der Waals surface area (Å²) in [6, 6.07) is 5.53. The fourth-order valence-electron chi connectivity index (χ4n) is 2.04. The van der Waals surface area contributed by atoms with Crippen LogP contribution in [0.15, 0.2) is 30.0 Å². The van der Waals surface area contributed by atoms with Crippen molar-refractivity contribution in [1.29, 1.82) is 0 Å². The Bertz CT molecular complexity index is 534. The van der Waals surface area contributed by atoms with E-state index < -0.39 is 5.97 Å². The van der Waals surface area contributed by atoms with Crippen molar-refractivity contribution >= 4 is 17.4 Å². The van der Waals surface area contributed by atoms with Gasteiger partial charge >= 0.3 is 5.97 Å². The van der Waals surface area contributed by atoms with Crippen LogP contribution in [0.4, 0.5) is 4.39 Å². The number of benzene rings is 1. The molecule has 1 aliphatic rings. The van der Waals surface area contributed by atoms with Crippen molar-refractivity contribution in [3.63, 3.8) is 0 Å². The predicted molar refractivity (Wildman–Crippen MR) is 67.3 cm³/mol. The second-order valence-corrected chi connectivity index (χ2v) is 4.25. The molecular weight excluding hydrogens is 249 g/mol. The third-order valence-corrected chi connectivity index (χ3v) is 2.95. The van der Waals surface area contributed by atoms with E-state index >= 15 is 0 Å². The summed E-state index contributed by atoms with van der Waals surface area (Å²) in [4.78, 5) is 23.3. The van der Waals surface area contributed by atoms with E-state index in [2.05, 4.69) is 5.32 Å². The monoisotopic (exact) mass is 263 g/mol. The highest BCUT2D eigenvalue weighted by atomic mass is 19.1. The van der Waals surface area contributed by atoms with Gasteiger partial charge in [0.1, 0.15) is 5.82 Å². The highest BCUT2D eigenvalue weighted by Gasteiger charge is 2.22. The minimum Gasteiger partial charge on any atom is -0.465 e. The highest BCUT2D eigenvalue weighted by molar-refractivity contribution is 6.17. The Kier molecular flexibility index (Phi) is 3.94. The van der Waals surface area contributed by atoms with Crippen molar-refractivity contribution in [3.8, 4) is 0 Å². The molecule has 1 amide bonds. The van der Waals surface area contributed by atoms with Gasteiger partial charge in [0.05, 0.1) is 12.7 Å². The van der Waals surface area contributed by atoms with E-state index in [9.17, 15) is 14.0 Å². The van der Waals surface area contributed by atoms with Gasteiger partial charge in [0.2, 0.25) is 5.91 Å². The van der Waals surface area contributed by atoms with Crippen LogP contribution < -0.4 is 5.32 Å². The van der Waals surface area contributed by atoms with Crippen molar-refractivity contribution in [2.24, 2.45) is 0 Å². The van der Waals surface area contributed by atoms with Crippen LogP contribution in [0.1, 0.15) is 24.8 Å². The summed E-state index contributed by atoms with van der Waals surface area (Å²) in [7, 11) is 1.27. The van der Waals surface area contributed by atoms with Crippen LogP contribution in [0.25, 0.3) is 5.57 Å². The molecule has 1 saturated heterocycles. The van der Waals surface area contributed by atoms with E-state index in [1.54, 1.807) is 0 Å². The van der Waals surface area contributed by atoms with Gasteiger partial charge in [-0.3, -0.25) is 4.79 Å². The maximum absolute atomic E-state index is 12.9. The molecule has 5 heteroatoms. The van der Waals surface area contributed by atoms with Gasteiger partial charge < -0.3 is 10.1 Å². The van der Waals surface area contributed by atoms with Gasteiger partial charge in [-0.1, -0.05) is 12.1 Å². The number of rotatable bonds is 2. The first-order chi connectivity index (χ1) is 9.11. The van der Waals surface area contributed by atoms with Gasteiger partial charge in [-0.25, -0.2) is 9.18 Å². The number of piperidine rings is 1. The van der Waals surface area contributed by atoms with Gasteiger partial charge in [0.15, 0.2) is 0 Å².